The highest BCUT2D eigenvalue weighted by molar-refractivity contribution is 9.10. The van der Waals surface area contributed by atoms with Gasteiger partial charge in [0, 0.05) is 17.1 Å². The Morgan fingerprint density at radius 3 is 2.26 bits per heavy atom. The van der Waals surface area contributed by atoms with E-state index in [1.165, 1.54) is 23.1 Å². The highest BCUT2D eigenvalue weighted by atomic mass is 79.9. The summed E-state index contributed by atoms with van der Waals surface area (Å²) in [5, 5.41) is 2.65. The van der Waals surface area contributed by atoms with Gasteiger partial charge in [0.25, 0.3) is 0 Å². The molecule has 34 heavy (non-hydrogen) atoms. The van der Waals surface area contributed by atoms with Gasteiger partial charge >= 0.3 is 12.2 Å². The third-order valence-corrected chi connectivity index (χ3v) is 7.92. The lowest BCUT2D eigenvalue weighted by molar-refractivity contribution is -0.148. The molecule has 0 unspecified atom stereocenters. The lowest BCUT2D eigenvalue weighted by Gasteiger charge is -2.47. The number of aldehydes is 1. The van der Waals surface area contributed by atoms with Gasteiger partial charge in [-0.3, -0.25) is 0 Å². The molecule has 3 rings (SSSR count). The number of halogens is 1. The van der Waals surface area contributed by atoms with Gasteiger partial charge in [-0.15, -0.1) is 11.3 Å². The first-order valence-corrected chi connectivity index (χ1v) is 13.4. The van der Waals surface area contributed by atoms with Crippen molar-refractivity contribution in [2.45, 2.75) is 77.2 Å². The Kier molecular flexibility index (Phi) is 7.58. The molecule has 2 amide bonds. The number of aliphatic imine (C=N–C) groups is 1. The van der Waals surface area contributed by atoms with Crippen LogP contribution in [0.3, 0.4) is 0 Å². The minimum absolute atomic E-state index is 0.0768. The molecule has 1 aromatic rings. The van der Waals surface area contributed by atoms with E-state index in [2.05, 4.69) is 20.9 Å². The number of hydrogen-bond donors (Lipinski definition) is 0. The van der Waals surface area contributed by atoms with Crippen LogP contribution in [0.1, 0.15) is 59.9 Å². The molecule has 0 N–H and O–H groups in total. The van der Waals surface area contributed by atoms with Crippen molar-refractivity contribution in [2.24, 2.45) is 10.9 Å². The SMILES string of the molecule is CC(C)(C)OC(=O)N(C(=O)OC(C)(C)C)C1=N[C@@]2(c3nc(Br)cs3)CO[C@@](C)(C=O)C[C@H]2CS1. The number of carbonyl (C=O) groups excluding carboxylic acids is 3. The lowest BCUT2D eigenvalue weighted by Crippen LogP contribution is -2.56. The van der Waals surface area contributed by atoms with Crippen LogP contribution in [-0.2, 0) is 24.5 Å². The van der Waals surface area contributed by atoms with Crippen molar-refractivity contribution >= 4 is 62.7 Å². The van der Waals surface area contributed by atoms with Gasteiger partial charge in [-0.25, -0.2) is 19.6 Å². The standard InChI is InChI=1S/C22H30BrN3O6S2/c1-19(2,3)31-17(28)26(18(29)32-20(4,5)6)16-25-22(15-24-14(23)10-33-15)12-30-21(7,11-27)8-13(22)9-34-16/h10-11,13H,8-9,12H2,1-7H3/t13-,21+,22-/m0/s1. The van der Waals surface area contributed by atoms with Crippen LogP contribution >= 0.6 is 39.0 Å². The molecule has 2 aliphatic rings. The van der Waals surface area contributed by atoms with Crippen molar-refractivity contribution < 1.29 is 28.6 Å². The number of ether oxygens (including phenoxy) is 3. The molecule has 0 aliphatic carbocycles. The molecule has 9 nitrogen and oxygen atoms in total. The van der Waals surface area contributed by atoms with Gasteiger partial charge in [0.2, 0.25) is 0 Å². The smallest absolute Gasteiger partial charge is 0.426 e. The Morgan fingerprint density at radius 2 is 1.79 bits per heavy atom. The van der Waals surface area contributed by atoms with Crippen LogP contribution in [0, 0.1) is 5.92 Å². The molecule has 1 saturated heterocycles. The van der Waals surface area contributed by atoms with E-state index < -0.39 is 34.5 Å². The Balaban J connectivity index is 2.09. The zero-order valence-corrected chi connectivity index (χ0v) is 23.6. The molecular weight excluding hydrogens is 546 g/mol. The summed E-state index contributed by atoms with van der Waals surface area (Å²) in [6.45, 7) is 12.1. The second kappa shape index (κ2) is 9.51. The number of thioether (sulfide) groups is 1. The zero-order valence-electron chi connectivity index (χ0n) is 20.3. The fourth-order valence-corrected chi connectivity index (χ4v) is 6.30. The van der Waals surface area contributed by atoms with E-state index in [0.717, 1.165) is 11.2 Å². The summed E-state index contributed by atoms with van der Waals surface area (Å²) < 4.78 is 17.6. The predicted octanol–water partition coefficient (Wildman–Crippen LogP) is 5.37. The second-order valence-electron chi connectivity index (χ2n) is 10.5. The summed E-state index contributed by atoms with van der Waals surface area (Å²) in [5.74, 6) is 0.382. The predicted molar refractivity (Wildman–Crippen MR) is 134 cm³/mol. The molecule has 3 atom stereocenters. The van der Waals surface area contributed by atoms with Crippen molar-refractivity contribution in [1.29, 1.82) is 0 Å². The molecule has 0 saturated carbocycles. The summed E-state index contributed by atoms with van der Waals surface area (Å²) in [6.07, 6.45) is -0.518. The van der Waals surface area contributed by atoms with Gasteiger partial charge in [0.1, 0.15) is 32.0 Å². The number of nitrogens with zero attached hydrogens (tertiary/aromatic N) is 3. The monoisotopic (exact) mass is 575 g/mol. The Morgan fingerprint density at radius 1 is 1.21 bits per heavy atom. The number of aromatic nitrogens is 1. The van der Waals surface area contributed by atoms with E-state index in [0.29, 0.717) is 21.8 Å². The number of imide groups is 1. The van der Waals surface area contributed by atoms with Crippen LogP contribution in [0.25, 0.3) is 0 Å². The normalized spacial score (nSPS) is 27.3. The summed E-state index contributed by atoms with van der Waals surface area (Å²) >= 11 is 6.04. The Hall–Kier alpha value is -1.50. The number of carbonyl (C=O) groups is 3. The zero-order chi connectivity index (χ0) is 25.5. The van der Waals surface area contributed by atoms with Crippen LogP contribution in [0.5, 0.6) is 0 Å². The number of hydrogen-bond acceptors (Lipinski definition) is 10. The van der Waals surface area contributed by atoms with Crippen molar-refractivity contribution in [3.8, 4) is 0 Å². The van der Waals surface area contributed by atoms with E-state index in [4.69, 9.17) is 19.2 Å². The first-order valence-electron chi connectivity index (χ1n) is 10.8. The summed E-state index contributed by atoms with van der Waals surface area (Å²) in [5.41, 5.74) is -3.58. The van der Waals surface area contributed by atoms with Crippen LogP contribution in [0.4, 0.5) is 9.59 Å². The second-order valence-corrected chi connectivity index (χ2v) is 13.2. The fourth-order valence-electron chi connectivity index (χ4n) is 3.59. The van der Waals surface area contributed by atoms with E-state index in [1.54, 1.807) is 48.5 Å². The first kappa shape index (κ1) is 27.1. The van der Waals surface area contributed by atoms with E-state index in [9.17, 15) is 14.4 Å². The molecule has 0 radical (unpaired) electrons. The summed E-state index contributed by atoms with van der Waals surface area (Å²) in [7, 11) is 0. The maximum absolute atomic E-state index is 13.2. The van der Waals surface area contributed by atoms with Crippen LogP contribution in [-0.4, -0.2) is 62.7 Å². The number of rotatable bonds is 2. The Labute approximate surface area is 216 Å². The highest BCUT2D eigenvalue weighted by Crippen LogP contribution is 2.50. The van der Waals surface area contributed by atoms with Gasteiger partial charge in [-0.2, -0.15) is 4.90 Å². The molecule has 12 heteroatoms. The number of fused-ring (bicyclic) bond motifs is 1. The molecule has 2 aliphatic heterocycles. The van der Waals surface area contributed by atoms with Gasteiger partial charge in [-0.05, 0) is 70.8 Å². The quantitative estimate of drug-likeness (QED) is 0.433. The molecule has 1 aromatic heterocycles. The van der Waals surface area contributed by atoms with Crippen molar-refractivity contribution in [2.75, 3.05) is 12.4 Å². The van der Waals surface area contributed by atoms with Crippen molar-refractivity contribution in [3.63, 3.8) is 0 Å². The van der Waals surface area contributed by atoms with Crippen molar-refractivity contribution in [3.05, 3.63) is 15.0 Å². The van der Waals surface area contributed by atoms with Crippen LogP contribution in [0.2, 0.25) is 0 Å². The summed E-state index contributed by atoms with van der Waals surface area (Å²) in [4.78, 5) is 48.3. The first-order chi connectivity index (χ1) is 15.6. The van der Waals surface area contributed by atoms with E-state index >= 15 is 0 Å². The number of amidine groups is 1. The average Bonchev–Trinajstić information content (AvgIpc) is 3.12. The average molecular weight is 577 g/mol. The summed E-state index contributed by atoms with van der Waals surface area (Å²) in [6, 6.07) is 0. The molecule has 1 fully saturated rings. The molecule has 0 bridgehead atoms. The van der Waals surface area contributed by atoms with Gasteiger partial charge in [-0.1, -0.05) is 11.8 Å². The molecule has 3 heterocycles. The third kappa shape index (κ3) is 6.00. The minimum atomic E-state index is -0.970. The van der Waals surface area contributed by atoms with E-state index in [1.807, 2.05) is 5.38 Å². The highest BCUT2D eigenvalue weighted by Gasteiger charge is 2.54. The Bertz CT molecular complexity index is 973. The number of amides is 2. The molecular formula is C22H30BrN3O6S2. The minimum Gasteiger partial charge on any atom is -0.443 e. The maximum Gasteiger partial charge on any atom is 0.426 e. The lowest BCUT2D eigenvalue weighted by atomic mass is 9.76. The molecule has 188 valence electrons. The maximum atomic E-state index is 13.2. The van der Waals surface area contributed by atoms with E-state index in [-0.39, 0.29) is 17.7 Å². The molecule has 0 spiro atoms. The molecule has 0 aromatic carbocycles. The fraction of sp³-hybridized carbons (Fsp3) is 0.682. The van der Waals surface area contributed by atoms with Crippen molar-refractivity contribution in [1.82, 2.24) is 9.88 Å². The number of thiazole rings is 1. The third-order valence-electron chi connectivity index (χ3n) is 5.10. The topological polar surface area (TPSA) is 107 Å². The van der Waals surface area contributed by atoms with Crippen LogP contribution < -0.4 is 0 Å². The van der Waals surface area contributed by atoms with Crippen LogP contribution in [0.15, 0.2) is 15.0 Å². The van der Waals surface area contributed by atoms with Gasteiger partial charge < -0.3 is 19.0 Å². The van der Waals surface area contributed by atoms with Gasteiger partial charge in [0.05, 0.1) is 6.61 Å². The van der Waals surface area contributed by atoms with Gasteiger partial charge in [0.15, 0.2) is 11.5 Å². The largest absolute Gasteiger partial charge is 0.443 e.